The van der Waals surface area contributed by atoms with Gasteiger partial charge in [-0.2, -0.15) is 0 Å². The summed E-state index contributed by atoms with van der Waals surface area (Å²) < 4.78 is 18.4. The van der Waals surface area contributed by atoms with Crippen LogP contribution in [0.2, 0.25) is 0 Å². The lowest BCUT2D eigenvalue weighted by molar-refractivity contribution is 0.0921. The summed E-state index contributed by atoms with van der Waals surface area (Å²) in [6.07, 6.45) is 0. The molecule has 1 N–H and O–H groups in total. The van der Waals surface area contributed by atoms with Gasteiger partial charge in [-0.15, -0.1) is 10.2 Å². The summed E-state index contributed by atoms with van der Waals surface area (Å²) in [4.78, 5) is 12.9. The number of nitrogens with zero attached hydrogens (tertiary/aromatic N) is 3. The van der Waals surface area contributed by atoms with E-state index in [2.05, 4.69) is 29.4 Å². The summed E-state index contributed by atoms with van der Waals surface area (Å²) in [5, 5.41) is 12.8. The highest BCUT2D eigenvalue weighted by Gasteiger charge is 2.26. The Balaban J connectivity index is 1.66. The van der Waals surface area contributed by atoms with Gasteiger partial charge in [0, 0.05) is 17.9 Å². The van der Waals surface area contributed by atoms with Crippen LogP contribution in [0.1, 0.15) is 43.0 Å². The van der Waals surface area contributed by atoms with E-state index in [0.717, 1.165) is 11.0 Å². The lowest BCUT2D eigenvalue weighted by Crippen LogP contribution is -2.33. The van der Waals surface area contributed by atoms with Gasteiger partial charge in [0.15, 0.2) is 22.5 Å². The number of hydrogen-bond acceptors (Lipinski definition) is 7. The van der Waals surface area contributed by atoms with E-state index in [9.17, 15) is 4.79 Å². The molecule has 2 aromatic carbocycles. The number of ether oxygens (including phenoxy) is 3. The number of aromatic nitrogens is 3. The van der Waals surface area contributed by atoms with Crippen LogP contribution in [-0.2, 0) is 6.54 Å². The third kappa shape index (κ3) is 6.22. The molecule has 3 aromatic rings. The molecular formula is C25H32N4O4S. The molecule has 1 atom stereocenters. The van der Waals surface area contributed by atoms with Gasteiger partial charge in [-0.1, -0.05) is 37.7 Å². The normalized spacial score (nSPS) is 11.8. The Hall–Kier alpha value is -3.20. The first-order valence-corrected chi connectivity index (χ1v) is 12.2. The molecule has 34 heavy (non-hydrogen) atoms. The van der Waals surface area contributed by atoms with Gasteiger partial charge >= 0.3 is 0 Å². The van der Waals surface area contributed by atoms with Crippen molar-refractivity contribution in [1.29, 1.82) is 0 Å². The van der Waals surface area contributed by atoms with Crippen LogP contribution in [-0.4, -0.2) is 47.3 Å². The van der Waals surface area contributed by atoms with Crippen LogP contribution in [0, 0.1) is 5.92 Å². The third-order valence-electron chi connectivity index (χ3n) is 5.29. The molecule has 0 bridgehead atoms. The van der Waals surface area contributed by atoms with E-state index in [4.69, 9.17) is 14.2 Å². The number of amides is 1. The Labute approximate surface area is 205 Å². The summed E-state index contributed by atoms with van der Waals surface area (Å²) in [7, 11) is 3.22. The zero-order valence-electron chi connectivity index (χ0n) is 20.3. The van der Waals surface area contributed by atoms with Crippen LogP contribution >= 0.6 is 11.8 Å². The molecule has 0 radical (unpaired) electrons. The minimum Gasteiger partial charge on any atom is -0.497 e. The quantitative estimate of drug-likeness (QED) is 0.297. The lowest BCUT2D eigenvalue weighted by atomic mass is 10.0. The molecule has 0 fully saturated rings. The second-order valence-corrected chi connectivity index (χ2v) is 8.92. The number of para-hydroxylation sites is 2. The van der Waals surface area contributed by atoms with Crippen molar-refractivity contribution in [2.45, 2.75) is 38.5 Å². The van der Waals surface area contributed by atoms with E-state index in [1.807, 2.05) is 35.8 Å². The predicted molar refractivity (Wildman–Crippen MR) is 133 cm³/mol. The van der Waals surface area contributed by atoms with Crippen LogP contribution < -0.4 is 19.5 Å². The van der Waals surface area contributed by atoms with Crippen molar-refractivity contribution < 1.29 is 19.0 Å². The minimum absolute atomic E-state index is 0.128. The molecule has 0 aliphatic rings. The number of thioether (sulfide) groups is 1. The Morgan fingerprint density at radius 2 is 1.74 bits per heavy atom. The van der Waals surface area contributed by atoms with Crippen molar-refractivity contribution in [3.8, 4) is 17.2 Å². The van der Waals surface area contributed by atoms with Crippen LogP contribution in [0.5, 0.6) is 17.2 Å². The maximum absolute atomic E-state index is 12.9. The van der Waals surface area contributed by atoms with Crippen molar-refractivity contribution in [3.63, 3.8) is 0 Å². The highest BCUT2D eigenvalue weighted by atomic mass is 32.2. The van der Waals surface area contributed by atoms with Crippen molar-refractivity contribution >= 4 is 17.7 Å². The molecule has 1 amide bonds. The molecule has 8 nitrogen and oxygen atoms in total. The molecular weight excluding hydrogens is 452 g/mol. The molecule has 3 rings (SSSR count). The molecule has 0 aliphatic heterocycles. The van der Waals surface area contributed by atoms with Gasteiger partial charge in [-0.3, -0.25) is 4.79 Å². The van der Waals surface area contributed by atoms with E-state index in [0.29, 0.717) is 41.7 Å². The summed E-state index contributed by atoms with van der Waals surface area (Å²) >= 11 is 1.57. The molecule has 0 aliphatic carbocycles. The molecule has 0 saturated carbocycles. The van der Waals surface area contributed by atoms with Crippen molar-refractivity contribution in [1.82, 2.24) is 20.1 Å². The van der Waals surface area contributed by atoms with E-state index in [1.165, 1.54) is 0 Å². The molecule has 1 heterocycles. The molecule has 182 valence electrons. The van der Waals surface area contributed by atoms with E-state index in [1.54, 1.807) is 50.2 Å². The average Bonchev–Trinajstić information content (AvgIpc) is 3.27. The van der Waals surface area contributed by atoms with Crippen LogP contribution in [0.25, 0.3) is 0 Å². The molecule has 1 aromatic heterocycles. The standard InChI is InChI=1S/C25H32N4O4S/c1-6-29-23(22(17(2)3)26-24(30)18-11-13-19(31-4)14-12-18)27-28-25(29)34-16-15-33-21-10-8-7-9-20(21)32-5/h7-14,17,22H,6,15-16H2,1-5H3,(H,26,30). The number of methoxy groups -OCH3 is 2. The first-order chi connectivity index (χ1) is 16.5. The first-order valence-electron chi connectivity index (χ1n) is 11.2. The Kier molecular flexibility index (Phi) is 9.21. The molecule has 9 heteroatoms. The van der Waals surface area contributed by atoms with E-state index < -0.39 is 0 Å². The molecule has 0 spiro atoms. The summed E-state index contributed by atoms with van der Waals surface area (Å²) in [6, 6.07) is 14.3. The molecule has 1 unspecified atom stereocenters. The monoisotopic (exact) mass is 484 g/mol. The number of benzene rings is 2. The fourth-order valence-corrected chi connectivity index (χ4v) is 4.28. The number of hydrogen-bond donors (Lipinski definition) is 1. The summed E-state index contributed by atoms with van der Waals surface area (Å²) in [6.45, 7) is 7.35. The van der Waals surface area contributed by atoms with Gasteiger partial charge in [0.25, 0.3) is 5.91 Å². The summed E-state index contributed by atoms with van der Waals surface area (Å²) in [5.41, 5.74) is 0.567. The zero-order chi connectivity index (χ0) is 24.5. The van der Waals surface area contributed by atoms with E-state index in [-0.39, 0.29) is 17.9 Å². The highest BCUT2D eigenvalue weighted by Crippen LogP contribution is 2.28. The topological polar surface area (TPSA) is 87.5 Å². The van der Waals surface area contributed by atoms with Gasteiger partial charge in [0.2, 0.25) is 0 Å². The van der Waals surface area contributed by atoms with Crippen LogP contribution in [0.4, 0.5) is 0 Å². The van der Waals surface area contributed by atoms with Crippen LogP contribution in [0.15, 0.2) is 53.7 Å². The maximum Gasteiger partial charge on any atom is 0.251 e. The fraction of sp³-hybridized carbons (Fsp3) is 0.400. The van der Waals surface area contributed by atoms with Crippen LogP contribution in [0.3, 0.4) is 0 Å². The first kappa shape index (κ1) is 25.4. The fourth-order valence-electron chi connectivity index (χ4n) is 3.45. The SMILES string of the molecule is CCn1c(SCCOc2ccccc2OC)nnc1C(NC(=O)c1ccc(OC)cc1)C(C)C. The Morgan fingerprint density at radius 1 is 1.03 bits per heavy atom. The second-order valence-electron chi connectivity index (χ2n) is 7.86. The molecule has 0 saturated heterocycles. The van der Waals surface area contributed by atoms with E-state index >= 15 is 0 Å². The number of rotatable bonds is 12. The van der Waals surface area contributed by atoms with Gasteiger partial charge < -0.3 is 24.1 Å². The minimum atomic E-state index is -0.277. The maximum atomic E-state index is 12.9. The van der Waals surface area contributed by atoms with Crippen molar-refractivity contribution in [3.05, 3.63) is 59.9 Å². The lowest BCUT2D eigenvalue weighted by Gasteiger charge is -2.22. The van der Waals surface area contributed by atoms with Gasteiger partial charge in [0.1, 0.15) is 5.75 Å². The van der Waals surface area contributed by atoms with Crippen molar-refractivity contribution in [2.75, 3.05) is 26.6 Å². The summed E-state index contributed by atoms with van der Waals surface area (Å²) in [5.74, 6) is 3.53. The van der Waals surface area contributed by atoms with Gasteiger partial charge in [-0.25, -0.2) is 0 Å². The highest BCUT2D eigenvalue weighted by molar-refractivity contribution is 7.99. The number of nitrogens with one attached hydrogen (secondary N) is 1. The average molecular weight is 485 g/mol. The van der Waals surface area contributed by atoms with Gasteiger partial charge in [-0.05, 0) is 49.2 Å². The third-order valence-corrected chi connectivity index (χ3v) is 6.22. The smallest absolute Gasteiger partial charge is 0.251 e. The number of carbonyl (C=O) groups excluding carboxylic acids is 1. The zero-order valence-corrected chi connectivity index (χ0v) is 21.1. The van der Waals surface area contributed by atoms with Crippen molar-refractivity contribution in [2.24, 2.45) is 5.92 Å². The Morgan fingerprint density at radius 3 is 2.35 bits per heavy atom. The Bertz CT molecular complexity index is 1070. The second kappa shape index (κ2) is 12.3. The number of carbonyl (C=O) groups is 1. The predicted octanol–water partition coefficient (Wildman–Crippen LogP) is 4.61. The van der Waals surface area contributed by atoms with Gasteiger partial charge in [0.05, 0.1) is 26.9 Å². The largest absolute Gasteiger partial charge is 0.497 e.